The minimum Gasteiger partial charge on any atom is -0.351 e. The van der Waals surface area contributed by atoms with Crippen LogP contribution in [0.3, 0.4) is 0 Å². The largest absolute Gasteiger partial charge is 0.351 e. The van der Waals surface area contributed by atoms with Gasteiger partial charge in [-0.15, -0.1) is 0 Å². The predicted octanol–water partition coefficient (Wildman–Crippen LogP) is 4.94. The lowest BCUT2D eigenvalue weighted by molar-refractivity contribution is 0.0937. The molecule has 2 saturated carbocycles. The highest BCUT2D eigenvalue weighted by Crippen LogP contribution is 2.51. The third kappa shape index (κ3) is 3.58. The average molecular weight is 463 g/mol. The number of carbonyl (C=O) groups excluding carboxylic acids is 1. The molecule has 0 atom stereocenters. The van der Waals surface area contributed by atoms with Crippen molar-refractivity contribution in [2.45, 2.75) is 37.0 Å². The van der Waals surface area contributed by atoms with Crippen LogP contribution in [0.5, 0.6) is 0 Å². The van der Waals surface area contributed by atoms with Crippen LogP contribution in [0.4, 0.5) is 11.5 Å². The molecule has 4 aromatic rings. The molecule has 3 aliphatic rings. The van der Waals surface area contributed by atoms with Crippen LogP contribution in [0.2, 0.25) is 0 Å². The summed E-state index contributed by atoms with van der Waals surface area (Å²) in [6.07, 6.45) is 8.61. The predicted molar refractivity (Wildman–Crippen MR) is 135 cm³/mol. The van der Waals surface area contributed by atoms with Crippen LogP contribution >= 0.6 is 0 Å². The summed E-state index contributed by atoms with van der Waals surface area (Å²) in [6.45, 7) is 0.732. The van der Waals surface area contributed by atoms with E-state index in [2.05, 4.69) is 51.6 Å². The first-order valence-electron chi connectivity index (χ1n) is 12.2. The Morgan fingerprint density at radius 3 is 2.60 bits per heavy atom. The smallest absolute Gasteiger partial charge is 0.251 e. The summed E-state index contributed by atoms with van der Waals surface area (Å²) < 4.78 is 2.15. The number of benzene rings is 2. The average Bonchev–Trinajstić information content (AvgIpc) is 3.82. The molecule has 2 aliphatic carbocycles. The molecule has 174 valence electrons. The maximum absolute atomic E-state index is 12.3. The number of anilines is 2. The van der Waals surface area contributed by atoms with Crippen LogP contribution in [0.1, 0.15) is 53.3 Å². The Bertz CT molecular complexity index is 1460. The number of hydrogen-bond donors (Lipinski definition) is 2. The second kappa shape index (κ2) is 7.50. The van der Waals surface area contributed by atoms with Gasteiger partial charge in [0.1, 0.15) is 11.6 Å². The van der Waals surface area contributed by atoms with Crippen LogP contribution in [-0.4, -0.2) is 32.0 Å². The number of fused-ring (bicyclic) bond motifs is 2. The molecule has 7 nitrogen and oxygen atoms in total. The zero-order chi connectivity index (χ0) is 23.6. The van der Waals surface area contributed by atoms with E-state index < -0.39 is 0 Å². The van der Waals surface area contributed by atoms with Gasteiger partial charge in [0.15, 0.2) is 5.82 Å². The van der Waals surface area contributed by atoms with E-state index in [9.17, 15) is 4.79 Å². The fourth-order valence-electron chi connectivity index (χ4n) is 5.14. The van der Waals surface area contributed by atoms with E-state index in [-0.39, 0.29) is 11.3 Å². The highest BCUT2D eigenvalue weighted by molar-refractivity contribution is 5.98. The van der Waals surface area contributed by atoms with Crippen LogP contribution in [0.25, 0.3) is 22.6 Å². The molecule has 1 amide bonds. The minimum atomic E-state index is 0.0197. The first-order valence-corrected chi connectivity index (χ1v) is 12.2. The maximum atomic E-state index is 12.3. The lowest BCUT2D eigenvalue weighted by atomic mass is 9.87. The zero-order valence-corrected chi connectivity index (χ0v) is 19.6. The van der Waals surface area contributed by atoms with Gasteiger partial charge in [0.25, 0.3) is 5.91 Å². The molecule has 0 bridgehead atoms. The summed E-state index contributed by atoms with van der Waals surface area (Å²) in [5.41, 5.74) is 6.05. The SMILES string of the molecule is Cn1cc(-c2ccc(-c3nccc(Nc4ccc5c(c4)C4(CC4)CNC5=O)n3)cc2)nc1C1CC1. The quantitative estimate of drug-likeness (QED) is 0.439. The Labute approximate surface area is 203 Å². The van der Waals surface area contributed by atoms with Crippen molar-refractivity contribution < 1.29 is 4.79 Å². The topological polar surface area (TPSA) is 84.7 Å². The second-order valence-electron chi connectivity index (χ2n) is 10.1. The van der Waals surface area contributed by atoms with Gasteiger partial charge in [-0.3, -0.25) is 4.79 Å². The van der Waals surface area contributed by atoms with Gasteiger partial charge >= 0.3 is 0 Å². The molecule has 2 N–H and O–H groups in total. The van der Waals surface area contributed by atoms with Crippen molar-refractivity contribution >= 4 is 17.4 Å². The normalized spacial score (nSPS) is 17.7. The van der Waals surface area contributed by atoms with Gasteiger partial charge in [-0.1, -0.05) is 24.3 Å². The number of aromatic nitrogens is 4. The van der Waals surface area contributed by atoms with E-state index in [1.165, 1.54) is 18.7 Å². The van der Waals surface area contributed by atoms with Gasteiger partial charge in [0.2, 0.25) is 0 Å². The molecule has 2 aromatic heterocycles. The fourth-order valence-corrected chi connectivity index (χ4v) is 5.14. The van der Waals surface area contributed by atoms with Crippen LogP contribution in [0.15, 0.2) is 60.9 Å². The number of hydrogen-bond acceptors (Lipinski definition) is 5. The molecule has 1 spiro atoms. The van der Waals surface area contributed by atoms with Crippen molar-refractivity contribution in [1.82, 2.24) is 24.8 Å². The Morgan fingerprint density at radius 1 is 1.03 bits per heavy atom. The first kappa shape index (κ1) is 20.4. The number of amides is 1. The summed E-state index contributed by atoms with van der Waals surface area (Å²) in [4.78, 5) is 26.4. The molecule has 7 rings (SSSR count). The molecule has 2 aromatic carbocycles. The van der Waals surface area contributed by atoms with E-state index in [0.29, 0.717) is 11.7 Å². The Balaban J connectivity index is 1.13. The molecular weight excluding hydrogens is 436 g/mol. The highest BCUT2D eigenvalue weighted by atomic mass is 16.1. The van der Waals surface area contributed by atoms with E-state index in [4.69, 9.17) is 9.97 Å². The number of aryl methyl sites for hydroxylation is 1. The second-order valence-corrected chi connectivity index (χ2v) is 10.1. The van der Waals surface area contributed by atoms with Gasteiger partial charge in [-0.25, -0.2) is 15.0 Å². The van der Waals surface area contributed by atoms with E-state index in [0.717, 1.165) is 58.8 Å². The summed E-state index contributed by atoms with van der Waals surface area (Å²) in [5.74, 6) is 3.21. The molecule has 0 unspecified atom stereocenters. The summed E-state index contributed by atoms with van der Waals surface area (Å²) in [7, 11) is 2.08. The highest BCUT2D eigenvalue weighted by Gasteiger charge is 2.48. The molecule has 3 heterocycles. The van der Waals surface area contributed by atoms with Crippen molar-refractivity contribution in [3.63, 3.8) is 0 Å². The molecule has 0 saturated heterocycles. The van der Waals surface area contributed by atoms with Crippen molar-refractivity contribution in [1.29, 1.82) is 0 Å². The van der Waals surface area contributed by atoms with Crippen LogP contribution in [0, 0.1) is 0 Å². The zero-order valence-electron chi connectivity index (χ0n) is 19.6. The number of rotatable bonds is 5. The van der Waals surface area contributed by atoms with Gasteiger partial charge < -0.3 is 15.2 Å². The Morgan fingerprint density at radius 2 is 1.83 bits per heavy atom. The molecule has 2 fully saturated rings. The van der Waals surface area contributed by atoms with Crippen LogP contribution < -0.4 is 10.6 Å². The van der Waals surface area contributed by atoms with Gasteiger partial charge in [0.05, 0.1) is 5.69 Å². The first-order chi connectivity index (χ1) is 17.1. The lowest BCUT2D eigenvalue weighted by Crippen LogP contribution is -2.39. The number of nitrogens with zero attached hydrogens (tertiary/aromatic N) is 4. The Kier molecular flexibility index (Phi) is 4.37. The molecular formula is C28H26N6O. The molecule has 35 heavy (non-hydrogen) atoms. The van der Waals surface area contributed by atoms with Crippen LogP contribution in [-0.2, 0) is 12.5 Å². The van der Waals surface area contributed by atoms with Crippen molar-refractivity contribution in [2.75, 3.05) is 11.9 Å². The third-order valence-electron chi connectivity index (χ3n) is 7.50. The van der Waals surface area contributed by atoms with Crippen molar-refractivity contribution in [2.24, 2.45) is 7.05 Å². The molecule has 0 radical (unpaired) electrons. The number of nitrogens with one attached hydrogen (secondary N) is 2. The van der Waals surface area contributed by atoms with Gasteiger partial charge in [-0.2, -0.15) is 0 Å². The summed E-state index contributed by atoms with van der Waals surface area (Å²) in [5, 5.41) is 6.44. The summed E-state index contributed by atoms with van der Waals surface area (Å²) >= 11 is 0. The fraction of sp³-hybridized carbons (Fsp3) is 0.286. The Hall–Kier alpha value is -4.00. The van der Waals surface area contributed by atoms with E-state index in [1.807, 2.05) is 30.3 Å². The molecule has 7 heteroatoms. The standard InChI is InChI=1S/C28H26N6O/c1-34-15-23(32-26(34)19-6-7-19)17-2-4-18(5-3-17)25-29-13-10-24(33-25)31-20-8-9-21-22(14-20)28(11-12-28)16-30-27(21)35/h2-5,8-10,13-15,19H,6-7,11-12,16H2,1H3,(H,30,35)(H,29,31,33). The monoisotopic (exact) mass is 462 g/mol. The lowest BCUT2D eigenvalue weighted by Gasteiger charge is -2.26. The van der Waals surface area contributed by atoms with Crippen molar-refractivity contribution in [3.8, 4) is 22.6 Å². The molecule has 1 aliphatic heterocycles. The number of imidazole rings is 1. The van der Waals surface area contributed by atoms with E-state index in [1.54, 1.807) is 6.20 Å². The van der Waals surface area contributed by atoms with E-state index >= 15 is 0 Å². The maximum Gasteiger partial charge on any atom is 0.251 e. The van der Waals surface area contributed by atoms with Crippen molar-refractivity contribution in [3.05, 3.63) is 77.9 Å². The third-order valence-corrected chi connectivity index (χ3v) is 7.50. The van der Waals surface area contributed by atoms with Gasteiger partial charge in [-0.05, 0) is 55.5 Å². The van der Waals surface area contributed by atoms with Gasteiger partial charge in [0, 0.05) is 59.7 Å². The number of carbonyl (C=O) groups is 1. The summed E-state index contributed by atoms with van der Waals surface area (Å²) in [6, 6.07) is 16.1. The minimum absolute atomic E-state index is 0.0197.